The summed E-state index contributed by atoms with van der Waals surface area (Å²) in [6, 6.07) is 19.0. The first-order chi connectivity index (χ1) is 13.1. The number of rotatable bonds is 4. The molecule has 0 bridgehead atoms. The van der Waals surface area contributed by atoms with Gasteiger partial charge in [-0.25, -0.2) is 9.07 Å². The van der Waals surface area contributed by atoms with Gasteiger partial charge in [-0.1, -0.05) is 24.3 Å². The van der Waals surface area contributed by atoms with Crippen LogP contribution in [0.3, 0.4) is 0 Å². The van der Waals surface area contributed by atoms with Gasteiger partial charge >= 0.3 is 0 Å². The Bertz CT molecular complexity index is 1090. The third kappa shape index (κ3) is 3.37. The molecule has 1 N–H and O–H groups in total. The first-order valence-electron chi connectivity index (χ1n) is 8.39. The number of halogens is 1. The van der Waals surface area contributed by atoms with Crippen molar-refractivity contribution >= 4 is 11.6 Å². The van der Waals surface area contributed by atoms with Gasteiger partial charge in [-0.3, -0.25) is 4.79 Å². The van der Waals surface area contributed by atoms with Gasteiger partial charge in [0.2, 0.25) is 0 Å². The summed E-state index contributed by atoms with van der Waals surface area (Å²) in [7, 11) is 0. The van der Waals surface area contributed by atoms with Crippen LogP contribution >= 0.6 is 0 Å². The molecule has 0 saturated carbocycles. The molecule has 0 atom stereocenters. The van der Waals surface area contributed by atoms with Crippen LogP contribution in [0, 0.1) is 12.7 Å². The number of benzene rings is 2. The summed E-state index contributed by atoms with van der Waals surface area (Å²) in [5.74, 6) is -0.410. The van der Waals surface area contributed by atoms with E-state index in [9.17, 15) is 9.18 Å². The molecular formula is C21H16FN3O2. The summed E-state index contributed by atoms with van der Waals surface area (Å²) in [6.07, 6.45) is 1.54. The molecule has 0 radical (unpaired) electrons. The van der Waals surface area contributed by atoms with Crippen molar-refractivity contribution in [2.24, 2.45) is 0 Å². The van der Waals surface area contributed by atoms with E-state index in [1.165, 1.54) is 17.0 Å². The Balaban J connectivity index is 1.75. The molecule has 134 valence electrons. The van der Waals surface area contributed by atoms with Crippen LogP contribution in [0.2, 0.25) is 0 Å². The second-order valence-electron chi connectivity index (χ2n) is 6.08. The maximum absolute atomic E-state index is 14.1. The molecule has 6 heteroatoms. The lowest BCUT2D eigenvalue weighted by molar-refractivity contribution is 0.101. The van der Waals surface area contributed by atoms with Gasteiger partial charge in [-0.15, -0.1) is 0 Å². The molecule has 2 aromatic carbocycles. The molecule has 4 rings (SSSR count). The minimum absolute atomic E-state index is 0.117. The highest BCUT2D eigenvalue weighted by Gasteiger charge is 2.19. The second kappa shape index (κ2) is 6.92. The van der Waals surface area contributed by atoms with Crippen LogP contribution < -0.4 is 5.32 Å². The van der Waals surface area contributed by atoms with Crippen molar-refractivity contribution in [3.63, 3.8) is 0 Å². The molecular weight excluding hydrogens is 345 g/mol. The average Bonchev–Trinajstić information content (AvgIpc) is 3.34. The molecule has 0 spiro atoms. The number of furan rings is 1. The molecule has 1 amide bonds. The molecule has 5 nitrogen and oxygen atoms in total. The number of aryl methyl sites for hydroxylation is 1. The van der Waals surface area contributed by atoms with Crippen LogP contribution in [0.15, 0.2) is 77.4 Å². The predicted molar refractivity (Wildman–Crippen MR) is 100 cm³/mol. The second-order valence-corrected chi connectivity index (χ2v) is 6.08. The minimum atomic E-state index is -0.486. The third-order valence-corrected chi connectivity index (χ3v) is 4.09. The normalized spacial score (nSPS) is 10.7. The Morgan fingerprint density at radius 1 is 1.07 bits per heavy atom. The molecule has 0 fully saturated rings. The molecule has 2 aromatic heterocycles. The summed E-state index contributed by atoms with van der Waals surface area (Å²) in [5, 5.41) is 7.11. The summed E-state index contributed by atoms with van der Waals surface area (Å²) in [5.41, 5.74) is 2.39. The van der Waals surface area contributed by atoms with Gasteiger partial charge in [-0.2, -0.15) is 5.10 Å². The fourth-order valence-electron chi connectivity index (χ4n) is 2.76. The Hall–Kier alpha value is -3.67. The first kappa shape index (κ1) is 16.8. The predicted octanol–water partition coefficient (Wildman–Crippen LogP) is 4.83. The van der Waals surface area contributed by atoms with Gasteiger partial charge in [0.05, 0.1) is 17.6 Å². The van der Waals surface area contributed by atoms with Crippen molar-refractivity contribution in [1.82, 2.24) is 9.78 Å². The zero-order chi connectivity index (χ0) is 18.8. The van der Waals surface area contributed by atoms with Crippen LogP contribution in [0.1, 0.15) is 16.1 Å². The van der Waals surface area contributed by atoms with E-state index in [0.717, 1.165) is 5.56 Å². The van der Waals surface area contributed by atoms with E-state index in [2.05, 4.69) is 10.4 Å². The van der Waals surface area contributed by atoms with E-state index >= 15 is 0 Å². The summed E-state index contributed by atoms with van der Waals surface area (Å²) in [6.45, 7) is 1.79. The maximum Gasteiger partial charge on any atom is 0.274 e. The Kier molecular flexibility index (Phi) is 4.30. The zero-order valence-corrected chi connectivity index (χ0v) is 14.5. The topological polar surface area (TPSA) is 60.1 Å². The highest BCUT2D eigenvalue weighted by molar-refractivity contribution is 6.04. The number of amides is 1. The van der Waals surface area contributed by atoms with Crippen LogP contribution in [-0.4, -0.2) is 15.7 Å². The molecule has 0 saturated heterocycles. The van der Waals surface area contributed by atoms with Gasteiger partial charge in [0.1, 0.15) is 17.2 Å². The first-order valence-corrected chi connectivity index (χ1v) is 8.39. The Morgan fingerprint density at radius 3 is 2.59 bits per heavy atom. The molecule has 0 aliphatic carbocycles. The molecule has 27 heavy (non-hydrogen) atoms. The number of nitrogens with one attached hydrogen (secondary N) is 1. The van der Waals surface area contributed by atoms with Crippen molar-refractivity contribution in [2.75, 3.05) is 5.32 Å². The lowest BCUT2D eigenvalue weighted by atomic mass is 10.2. The highest BCUT2D eigenvalue weighted by atomic mass is 19.1. The standard InChI is InChI=1S/C21H16FN3O2/c1-14-9-10-17(16(22)12-14)23-21(26)19-13-18(20-8-5-11-27-20)24-25(19)15-6-3-2-4-7-15/h2-13H,1H3,(H,23,26). The van der Waals surface area contributed by atoms with Crippen LogP contribution in [-0.2, 0) is 0 Å². The maximum atomic E-state index is 14.1. The van der Waals surface area contributed by atoms with Gasteiger partial charge in [0.25, 0.3) is 5.91 Å². The van der Waals surface area contributed by atoms with Crippen LogP contribution in [0.25, 0.3) is 17.1 Å². The van der Waals surface area contributed by atoms with Gasteiger partial charge < -0.3 is 9.73 Å². The van der Waals surface area contributed by atoms with E-state index in [1.54, 1.807) is 37.3 Å². The van der Waals surface area contributed by atoms with Crippen molar-refractivity contribution in [3.8, 4) is 17.1 Å². The van der Waals surface area contributed by atoms with Gasteiger partial charge in [-0.05, 0) is 48.9 Å². The van der Waals surface area contributed by atoms with E-state index < -0.39 is 11.7 Å². The van der Waals surface area contributed by atoms with Crippen molar-refractivity contribution in [1.29, 1.82) is 0 Å². The quantitative estimate of drug-likeness (QED) is 0.566. The highest BCUT2D eigenvalue weighted by Crippen LogP contribution is 2.23. The molecule has 0 unspecified atom stereocenters. The Morgan fingerprint density at radius 2 is 1.89 bits per heavy atom. The number of hydrogen-bond acceptors (Lipinski definition) is 3. The smallest absolute Gasteiger partial charge is 0.274 e. The zero-order valence-electron chi connectivity index (χ0n) is 14.5. The lowest BCUT2D eigenvalue weighted by Crippen LogP contribution is -2.17. The number of nitrogens with zero attached hydrogens (tertiary/aromatic N) is 2. The van der Waals surface area contributed by atoms with Crippen molar-refractivity contribution in [2.45, 2.75) is 6.92 Å². The summed E-state index contributed by atoms with van der Waals surface area (Å²) in [4.78, 5) is 12.9. The van der Waals surface area contributed by atoms with Gasteiger partial charge in [0, 0.05) is 6.07 Å². The number of aromatic nitrogens is 2. The van der Waals surface area contributed by atoms with E-state index in [4.69, 9.17) is 4.42 Å². The van der Waals surface area contributed by atoms with Crippen LogP contribution in [0.4, 0.5) is 10.1 Å². The number of hydrogen-bond donors (Lipinski definition) is 1. The number of para-hydroxylation sites is 1. The van der Waals surface area contributed by atoms with Crippen LogP contribution in [0.5, 0.6) is 0 Å². The largest absolute Gasteiger partial charge is 0.463 e. The summed E-state index contributed by atoms with van der Waals surface area (Å²) < 4.78 is 21.0. The molecule has 0 aliphatic rings. The van der Waals surface area contributed by atoms with Crippen molar-refractivity contribution < 1.29 is 13.6 Å². The fourth-order valence-corrected chi connectivity index (χ4v) is 2.76. The van der Waals surface area contributed by atoms with E-state index in [-0.39, 0.29) is 11.4 Å². The molecule has 2 heterocycles. The van der Waals surface area contributed by atoms with E-state index in [0.29, 0.717) is 17.1 Å². The van der Waals surface area contributed by atoms with E-state index in [1.807, 2.05) is 30.3 Å². The molecule has 4 aromatic rings. The Labute approximate surface area is 155 Å². The third-order valence-electron chi connectivity index (χ3n) is 4.09. The van der Waals surface area contributed by atoms with Gasteiger partial charge in [0.15, 0.2) is 5.76 Å². The SMILES string of the molecule is Cc1ccc(NC(=O)c2cc(-c3ccco3)nn2-c2ccccc2)c(F)c1. The lowest BCUT2D eigenvalue weighted by Gasteiger charge is -2.09. The van der Waals surface area contributed by atoms with Crippen molar-refractivity contribution in [3.05, 3.63) is 90.1 Å². The minimum Gasteiger partial charge on any atom is -0.463 e. The number of carbonyl (C=O) groups excluding carboxylic acids is 1. The summed E-state index contributed by atoms with van der Waals surface area (Å²) >= 11 is 0. The monoisotopic (exact) mass is 361 g/mol. The average molecular weight is 361 g/mol. The number of carbonyl (C=O) groups is 1. The molecule has 0 aliphatic heterocycles. The fraction of sp³-hybridized carbons (Fsp3) is 0.0476. The number of anilines is 1.